The van der Waals surface area contributed by atoms with E-state index in [4.69, 9.17) is 5.26 Å². The Hall–Kier alpha value is -1.56. The second kappa shape index (κ2) is 3.44. The molecule has 0 radical (unpaired) electrons. The zero-order valence-corrected chi connectivity index (χ0v) is 7.50. The molecule has 2 nitrogen and oxygen atoms in total. The summed E-state index contributed by atoms with van der Waals surface area (Å²) in [4.78, 5) is 0. The highest BCUT2D eigenvalue weighted by Gasteiger charge is 2.12. The van der Waals surface area contributed by atoms with E-state index in [1.807, 2.05) is 6.07 Å². The molecule has 3 heteroatoms. The first-order chi connectivity index (χ1) is 6.06. The summed E-state index contributed by atoms with van der Waals surface area (Å²) in [5.41, 5.74) is 0.803. The van der Waals surface area contributed by atoms with E-state index in [0.717, 1.165) is 0 Å². The van der Waals surface area contributed by atoms with Crippen molar-refractivity contribution in [2.45, 2.75) is 19.8 Å². The molecular weight excluding hydrogens is 169 g/mol. The van der Waals surface area contributed by atoms with Crippen LogP contribution >= 0.6 is 0 Å². The van der Waals surface area contributed by atoms with Gasteiger partial charge in [0.15, 0.2) is 0 Å². The van der Waals surface area contributed by atoms with Gasteiger partial charge in [-0.05, 0) is 31.5 Å². The van der Waals surface area contributed by atoms with Crippen molar-refractivity contribution in [3.05, 3.63) is 29.1 Å². The number of aryl methyl sites for hydroxylation is 1. The number of rotatable bonds is 1. The Morgan fingerprint density at radius 3 is 2.69 bits per heavy atom. The Balaban J connectivity index is 3.30. The van der Waals surface area contributed by atoms with Crippen molar-refractivity contribution in [1.29, 1.82) is 5.26 Å². The van der Waals surface area contributed by atoms with Crippen LogP contribution in [0, 0.1) is 24.1 Å². The number of aromatic hydroxyl groups is 1. The highest BCUT2D eigenvalue weighted by molar-refractivity contribution is 5.43. The summed E-state index contributed by atoms with van der Waals surface area (Å²) in [7, 11) is 0. The van der Waals surface area contributed by atoms with E-state index in [-0.39, 0.29) is 5.75 Å². The molecule has 68 valence electrons. The van der Waals surface area contributed by atoms with Gasteiger partial charge < -0.3 is 5.11 Å². The van der Waals surface area contributed by atoms with Crippen LogP contribution in [0.25, 0.3) is 0 Å². The van der Waals surface area contributed by atoms with Crippen LogP contribution in [0.2, 0.25) is 0 Å². The first kappa shape index (κ1) is 9.53. The Morgan fingerprint density at radius 1 is 1.54 bits per heavy atom. The van der Waals surface area contributed by atoms with Crippen LogP contribution in [0.1, 0.15) is 24.0 Å². The van der Waals surface area contributed by atoms with E-state index in [2.05, 4.69) is 0 Å². The fourth-order valence-electron chi connectivity index (χ4n) is 1.16. The average Bonchev–Trinajstić information content (AvgIpc) is 2.10. The Morgan fingerprint density at radius 2 is 2.15 bits per heavy atom. The summed E-state index contributed by atoms with van der Waals surface area (Å²) in [6.45, 7) is 3.22. The van der Waals surface area contributed by atoms with Crippen LogP contribution in [0.15, 0.2) is 12.1 Å². The smallest absolute Gasteiger partial charge is 0.124 e. The molecule has 0 saturated carbocycles. The van der Waals surface area contributed by atoms with Gasteiger partial charge >= 0.3 is 0 Å². The van der Waals surface area contributed by atoms with Gasteiger partial charge in [0.2, 0.25) is 0 Å². The van der Waals surface area contributed by atoms with Gasteiger partial charge in [0.05, 0.1) is 12.0 Å². The lowest BCUT2D eigenvalue weighted by molar-refractivity contribution is 0.459. The molecule has 0 fully saturated rings. The molecule has 1 rings (SSSR count). The molecule has 0 aliphatic carbocycles. The third-order valence-corrected chi connectivity index (χ3v) is 1.95. The molecule has 0 amide bonds. The molecule has 0 aliphatic heterocycles. The lowest BCUT2D eigenvalue weighted by Gasteiger charge is -2.08. The van der Waals surface area contributed by atoms with Crippen LogP contribution in [0.4, 0.5) is 4.39 Å². The Bertz CT molecular complexity index is 368. The van der Waals surface area contributed by atoms with Gasteiger partial charge in [0, 0.05) is 5.56 Å². The summed E-state index contributed by atoms with van der Waals surface area (Å²) >= 11 is 0. The van der Waals surface area contributed by atoms with Crippen molar-refractivity contribution in [2.24, 2.45) is 0 Å². The van der Waals surface area contributed by atoms with Gasteiger partial charge in [-0.25, -0.2) is 4.39 Å². The van der Waals surface area contributed by atoms with E-state index in [1.165, 1.54) is 12.1 Å². The van der Waals surface area contributed by atoms with Gasteiger partial charge in [-0.2, -0.15) is 5.26 Å². The highest BCUT2D eigenvalue weighted by Crippen LogP contribution is 2.29. The number of benzene rings is 1. The van der Waals surface area contributed by atoms with E-state index in [0.29, 0.717) is 11.1 Å². The lowest BCUT2D eigenvalue weighted by Crippen LogP contribution is -1.93. The zero-order chi connectivity index (χ0) is 10.0. The quantitative estimate of drug-likeness (QED) is 0.719. The minimum absolute atomic E-state index is 0.00968. The third kappa shape index (κ3) is 1.78. The minimum atomic E-state index is -0.491. The molecule has 13 heavy (non-hydrogen) atoms. The van der Waals surface area contributed by atoms with Crippen molar-refractivity contribution in [3.8, 4) is 11.8 Å². The number of nitriles is 1. The molecule has 1 N–H and O–H groups in total. The first-order valence-corrected chi connectivity index (χ1v) is 3.95. The van der Waals surface area contributed by atoms with Gasteiger partial charge in [-0.15, -0.1) is 0 Å². The van der Waals surface area contributed by atoms with E-state index < -0.39 is 11.7 Å². The van der Waals surface area contributed by atoms with Gasteiger partial charge in [-0.1, -0.05) is 0 Å². The van der Waals surface area contributed by atoms with Gasteiger partial charge in [0.25, 0.3) is 0 Å². The summed E-state index contributed by atoms with van der Waals surface area (Å²) in [6.07, 6.45) is 0. The second-order valence-corrected chi connectivity index (χ2v) is 3.01. The van der Waals surface area contributed by atoms with Crippen molar-refractivity contribution in [1.82, 2.24) is 0 Å². The SMILES string of the molecule is Cc1cc(F)cc(C(C)C#N)c1O. The fourth-order valence-corrected chi connectivity index (χ4v) is 1.16. The number of phenolic OH excluding ortho intramolecular Hbond substituents is 1. The normalized spacial score (nSPS) is 12.2. The molecule has 1 aromatic rings. The lowest BCUT2D eigenvalue weighted by atomic mass is 9.99. The Labute approximate surface area is 76.2 Å². The maximum absolute atomic E-state index is 12.9. The van der Waals surface area contributed by atoms with Crippen LogP contribution < -0.4 is 0 Å². The predicted molar refractivity (Wildman–Crippen MR) is 46.8 cm³/mol. The molecule has 0 heterocycles. The highest BCUT2D eigenvalue weighted by atomic mass is 19.1. The van der Waals surface area contributed by atoms with E-state index in [1.54, 1.807) is 13.8 Å². The topological polar surface area (TPSA) is 44.0 Å². The fraction of sp³-hybridized carbons (Fsp3) is 0.300. The maximum atomic E-state index is 12.9. The van der Waals surface area contributed by atoms with Crippen LogP contribution in [-0.2, 0) is 0 Å². The molecule has 0 aliphatic rings. The number of hydrogen-bond acceptors (Lipinski definition) is 2. The number of halogens is 1. The molecule has 0 aromatic heterocycles. The predicted octanol–water partition coefficient (Wildman–Crippen LogP) is 2.47. The van der Waals surface area contributed by atoms with Crippen molar-refractivity contribution < 1.29 is 9.50 Å². The largest absolute Gasteiger partial charge is 0.507 e. The molecule has 0 saturated heterocycles. The first-order valence-electron chi connectivity index (χ1n) is 3.95. The van der Waals surface area contributed by atoms with Gasteiger partial charge in [0.1, 0.15) is 11.6 Å². The minimum Gasteiger partial charge on any atom is -0.507 e. The summed E-state index contributed by atoms with van der Waals surface area (Å²) < 4.78 is 12.9. The summed E-state index contributed by atoms with van der Waals surface area (Å²) in [6, 6.07) is 4.38. The van der Waals surface area contributed by atoms with Crippen molar-refractivity contribution in [2.75, 3.05) is 0 Å². The van der Waals surface area contributed by atoms with Crippen LogP contribution in [-0.4, -0.2) is 5.11 Å². The molecule has 1 aromatic carbocycles. The van der Waals surface area contributed by atoms with Crippen LogP contribution in [0.3, 0.4) is 0 Å². The summed E-state index contributed by atoms with van der Waals surface area (Å²) in [5, 5.41) is 18.1. The third-order valence-electron chi connectivity index (χ3n) is 1.95. The second-order valence-electron chi connectivity index (χ2n) is 3.01. The van der Waals surface area contributed by atoms with E-state index >= 15 is 0 Å². The monoisotopic (exact) mass is 179 g/mol. The Kier molecular flexibility index (Phi) is 2.52. The van der Waals surface area contributed by atoms with Gasteiger partial charge in [-0.3, -0.25) is 0 Å². The van der Waals surface area contributed by atoms with Crippen molar-refractivity contribution >= 4 is 0 Å². The average molecular weight is 179 g/mol. The molecule has 0 spiro atoms. The maximum Gasteiger partial charge on any atom is 0.124 e. The number of nitrogens with zero attached hydrogens (tertiary/aromatic N) is 1. The molecular formula is C10H10FNO. The molecule has 1 unspecified atom stereocenters. The van der Waals surface area contributed by atoms with Crippen molar-refractivity contribution in [3.63, 3.8) is 0 Å². The summed E-state index contributed by atoms with van der Waals surface area (Å²) in [5.74, 6) is -0.905. The van der Waals surface area contributed by atoms with E-state index in [9.17, 15) is 9.50 Å². The number of hydrogen-bond donors (Lipinski definition) is 1. The zero-order valence-electron chi connectivity index (χ0n) is 7.50. The standard InChI is InChI=1S/C10H10FNO/c1-6-3-8(11)4-9(10(6)13)7(2)5-12/h3-4,7,13H,1-2H3. The molecule has 1 atom stereocenters. The van der Waals surface area contributed by atoms with Crippen LogP contribution in [0.5, 0.6) is 5.75 Å². The number of phenols is 1. The molecule has 0 bridgehead atoms.